The fourth-order valence-corrected chi connectivity index (χ4v) is 4.58. The minimum Gasteiger partial charge on any atom is -0.298 e. The maximum Gasteiger partial charge on any atom is 0.149 e. The lowest BCUT2D eigenvalue weighted by atomic mass is 9.92. The molecule has 14 heavy (non-hydrogen) atoms. The van der Waals surface area contributed by atoms with Gasteiger partial charge in [-0.2, -0.15) is 11.8 Å². The van der Waals surface area contributed by atoms with Crippen LogP contribution in [0, 0.1) is 0 Å². The Balaban J connectivity index is 1.72. The highest BCUT2D eigenvalue weighted by molar-refractivity contribution is 8.00. The normalized spacial score (nSPS) is 43.4. The molecule has 2 aliphatic heterocycles. The summed E-state index contributed by atoms with van der Waals surface area (Å²) < 4.78 is 0. The first kappa shape index (κ1) is 9.22. The summed E-state index contributed by atoms with van der Waals surface area (Å²) >= 11 is 2.11. The molecule has 3 rings (SSSR count). The Morgan fingerprint density at radius 1 is 1.36 bits per heavy atom. The third-order valence-corrected chi connectivity index (χ3v) is 5.26. The van der Waals surface area contributed by atoms with Gasteiger partial charge in [0.2, 0.25) is 0 Å². The number of Topliss-reactive ketones (excluding diaryl/α,β-unsaturated/α-hetero) is 1. The molecule has 0 aromatic rings. The lowest BCUT2D eigenvalue weighted by molar-refractivity contribution is -0.126. The molecule has 2 bridgehead atoms. The predicted octanol–water partition coefficient (Wildman–Crippen LogP) is 1.69. The second-order valence-electron chi connectivity index (χ2n) is 4.77. The number of ketones is 1. The minimum atomic E-state index is 0.305. The summed E-state index contributed by atoms with van der Waals surface area (Å²) in [5, 5.41) is 0.842. The van der Waals surface area contributed by atoms with Crippen LogP contribution in [-0.2, 0) is 4.79 Å². The number of fused-ring (bicyclic) bond motifs is 2. The van der Waals surface area contributed by atoms with Crippen molar-refractivity contribution in [3.63, 3.8) is 0 Å². The average molecular weight is 211 g/mol. The number of hydrogen-bond acceptors (Lipinski definition) is 3. The third kappa shape index (κ3) is 1.41. The van der Waals surface area contributed by atoms with E-state index in [-0.39, 0.29) is 0 Å². The molecule has 2 nitrogen and oxygen atoms in total. The first-order valence-corrected chi connectivity index (χ1v) is 6.79. The van der Waals surface area contributed by atoms with Gasteiger partial charge in [0.15, 0.2) is 0 Å². The van der Waals surface area contributed by atoms with Crippen molar-refractivity contribution in [2.75, 3.05) is 12.3 Å². The van der Waals surface area contributed by atoms with Gasteiger partial charge in [0.25, 0.3) is 0 Å². The van der Waals surface area contributed by atoms with Crippen LogP contribution >= 0.6 is 11.8 Å². The molecule has 3 fully saturated rings. The second-order valence-corrected chi connectivity index (χ2v) is 6.10. The lowest BCUT2D eigenvalue weighted by Crippen LogP contribution is -2.47. The number of carbonyl (C=O) groups excluding carboxylic acids is 1. The molecule has 0 amide bonds. The van der Waals surface area contributed by atoms with E-state index < -0.39 is 0 Å². The van der Waals surface area contributed by atoms with Gasteiger partial charge in [-0.1, -0.05) is 6.42 Å². The molecule has 0 aromatic carbocycles. The van der Waals surface area contributed by atoms with Crippen LogP contribution in [0.15, 0.2) is 0 Å². The Bertz CT molecular complexity index is 256. The predicted molar refractivity (Wildman–Crippen MR) is 58.6 cm³/mol. The third-order valence-electron chi connectivity index (χ3n) is 3.87. The Hall–Kier alpha value is -0.0200. The van der Waals surface area contributed by atoms with E-state index in [0.29, 0.717) is 11.8 Å². The van der Waals surface area contributed by atoms with Crippen LogP contribution in [0.4, 0.5) is 0 Å². The van der Waals surface area contributed by atoms with Gasteiger partial charge < -0.3 is 0 Å². The minimum absolute atomic E-state index is 0.305. The standard InChI is InChI=1S/C11H17NOS/c13-11-4-2-1-3-10(11)12-6-9-5-8(12)7-14-9/h8-10H,1-7H2. The molecule has 2 saturated heterocycles. The zero-order valence-corrected chi connectivity index (χ0v) is 9.26. The summed E-state index contributed by atoms with van der Waals surface area (Å²) in [4.78, 5) is 14.3. The molecule has 1 saturated carbocycles. The number of carbonyl (C=O) groups is 1. The molecule has 78 valence electrons. The van der Waals surface area contributed by atoms with E-state index in [1.807, 2.05) is 0 Å². The summed E-state index contributed by atoms with van der Waals surface area (Å²) in [6.07, 6.45) is 5.70. The van der Waals surface area contributed by atoms with Crippen LogP contribution in [0.3, 0.4) is 0 Å². The van der Waals surface area contributed by atoms with Crippen LogP contribution in [0.2, 0.25) is 0 Å². The molecule has 0 aromatic heterocycles. The van der Waals surface area contributed by atoms with Crippen molar-refractivity contribution in [3.05, 3.63) is 0 Å². The molecular formula is C11H17NOS. The Morgan fingerprint density at radius 2 is 2.29 bits per heavy atom. The Kier molecular flexibility index (Phi) is 2.32. The highest BCUT2D eigenvalue weighted by Gasteiger charge is 2.43. The van der Waals surface area contributed by atoms with Crippen molar-refractivity contribution in [2.24, 2.45) is 0 Å². The first-order chi connectivity index (χ1) is 6.84. The zero-order valence-electron chi connectivity index (χ0n) is 8.45. The topological polar surface area (TPSA) is 20.3 Å². The van der Waals surface area contributed by atoms with E-state index in [1.54, 1.807) is 0 Å². The van der Waals surface area contributed by atoms with E-state index >= 15 is 0 Å². The Morgan fingerprint density at radius 3 is 2.93 bits per heavy atom. The van der Waals surface area contributed by atoms with Crippen LogP contribution in [-0.4, -0.2) is 40.3 Å². The Labute approximate surface area is 89.4 Å². The second kappa shape index (κ2) is 3.53. The summed E-state index contributed by atoms with van der Waals surface area (Å²) in [7, 11) is 0. The number of likely N-dealkylation sites (tertiary alicyclic amines) is 1. The van der Waals surface area contributed by atoms with E-state index in [2.05, 4.69) is 16.7 Å². The summed E-state index contributed by atoms with van der Waals surface area (Å²) in [6, 6.07) is 1.04. The summed E-state index contributed by atoms with van der Waals surface area (Å²) in [6.45, 7) is 1.19. The van der Waals surface area contributed by atoms with Gasteiger partial charge in [0.1, 0.15) is 5.78 Å². The summed E-state index contributed by atoms with van der Waals surface area (Å²) in [5.41, 5.74) is 0. The van der Waals surface area contributed by atoms with Gasteiger partial charge in [0, 0.05) is 30.0 Å². The van der Waals surface area contributed by atoms with Crippen LogP contribution in [0.1, 0.15) is 32.1 Å². The highest BCUT2D eigenvalue weighted by Crippen LogP contribution is 2.40. The van der Waals surface area contributed by atoms with E-state index in [4.69, 9.17) is 0 Å². The van der Waals surface area contributed by atoms with Gasteiger partial charge in [-0.05, 0) is 19.3 Å². The maximum absolute atomic E-state index is 11.8. The molecule has 0 spiro atoms. The van der Waals surface area contributed by atoms with Gasteiger partial charge in [-0.25, -0.2) is 0 Å². The molecule has 3 atom stereocenters. The van der Waals surface area contributed by atoms with Gasteiger partial charge >= 0.3 is 0 Å². The number of thioether (sulfide) groups is 1. The highest BCUT2D eigenvalue weighted by atomic mass is 32.2. The van der Waals surface area contributed by atoms with Crippen LogP contribution in [0.5, 0.6) is 0 Å². The number of rotatable bonds is 1. The van der Waals surface area contributed by atoms with E-state index in [0.717, 1.165) is 30.6 Å². The molecule has 3 unspecified atom stereocenters. The fourth-order valence-electron chi connectivity index (χ4n) is 3.13. The van der Waals surface area contributed by atoms with Gasteiger partial charge in [-0.3, -0.25) is 9.69 Å². The molecule has 2 heterocycles. The van der Waals surface area contributed by atoms with Crippen molar-refractivity contribution in [1.29, 1.82) is 0 Å². The van der Waals surface area contributed by atoms with Gasteiger partial charge in [-0.15, -0.1) is 0 Å². The molecule has 0 radical (unpaired) electrons. The maximum atomic E-state index is 11.8. The van der Waals surface area contributed by atoms with Gasteiger partial charge in [0.05, 0.1) is 6.04 Å². The summed E-state index contributed by atoms with van der Waals surface area (Å²) in [5.74, 6) is 1.79. The molecule has 1 aliphatic carbocycles. The quantitative estimate of drug-likeness (QED) is 0.658. The van der Waals surface area contributed by atoms with Crippen molar-refractivity contribution >= 4 is 17.5 Å². The van der Waals surface area contributed by atoms with Crippen molar-refractivity contribution in [2.45, 2.75) is 49.4 Å². The first-order valence-electron chi connectivity index (χ1n) is 5.74. The van der Waals surface area contributed by atoms with E-state index in [1.165, 1.54) is 25.1 Å². The molecule has 0 N–H and O–H groups in total. The van der Waals surface area contributed by atoms with Crippen LogP contribution in [0.25, 0.3) is 0 Å². The largest absolute Gasteiger partial charge is 0.298 e. The van der Waals surface area contributed by atoms with Crippen molar-refractivity contribution < 1.29 is 4.79 Å². The van der Waals surface area contributed by atoms with Crippen molar-refractivity contribution in [3.8, 4) is 0 Å². The monoisotopic (exact) mass is 211 g/mol. The van der Waals surface area contributed by atoms with Crippen molar-refractivity contribution in [1.82, 2.24) is 4.90 Å². The lowest BCUT2D eigenvalue weighted by Gasteiger charge is -2.35. The molecule has 3 heteroatoms. The van der Waals surface area contributed by atoms with Crippen LogP contribution < -0.4 is 0 Å². The molecular weight excluding hydrogens is 194 g/mol. The fraction of sp³-hybridized carbons (Fsp3) is 0.909. The van der Waals surface area contributed by atoms with E-state index in [9.17, 15) is 4.79 Å². The number of hydrogen-bond donors (Lipinski definition) is 0. The average Bonchev–Trinajstić information content (AvgIpc) is 2.79. The zero-order chi connectivity index (χ0) is 9.54. The number of nitrogens with zero attached hydrogens (tertiary/aromatic N) is 1. The SMILES string of the molecule is O=C1CCCCC1N1CC2CC1CS2. The smallest absolute Gasteiger partial charge is 0.149 e. The molecule has 3 aliphatic rings.